The number of aliphatic carboxylic acids is 1. The van der Waals surface area contributed by atoms with E-state index in [2.05, 4.69) is 67.1 Å². The quantitative estimate of drug-likeness (QED) is 0.408. The summed E-state index contributed by atoms with van der Waals surface area (Å²) in [5.74, 6) is 0.606. The number of nitrogens with zero attached hydrogens (tertiary/aromatic N) is 2. The number of rotatable bonds is 7. The standard InChI is InChI=1S/C28H29N3O3.Na/c1-4-26-30-23-9-5-7-17(2)28(23)31(26)24-10-6-8-19(18(24)3)15-29-21-11-12-22-20(13-27(32)33)16-34-25(22)14-21;/h5-12,14,20,29H,4,13,15-16H2,1-3H3,(H,32,33);/q;+1/p-1/t20-;/m1./s1. The van der Waals surface area contributed by atoms with Crippen LogP contribution in [-0.4, -0.2) is 22.1 Å². The smallest absolute Gasteiger partial charge is 0.550 e. The fraction of sp³-hybridized carbons (Fsp3) is 0.286. The van der Waals surface area contributed by atoms with Crippen LogP contribution in [0.4, 0.5) is 5.69 Å². The Morgan fingerprint density at radius 3 is 2.74 bits per heavy atom. The number of carboxylic acid groups (broad SMARTS) is 1. The number of carbonyl (C=O) groups is 1. The molecule has 1 aliphatic heterocycles. The second-order valence-corrected chi connectivity index (χ2v) is 8.91. The van der Waals surface area contributed by atoms with E-state index in [9.17, 15) is 9.90 Å². The number of carboxylic acids is 1. The molecule has 0 bridgehead atoms. The van der Waals surface area contributed by atoms with Crippen molar-refractivity contribution in [3.8, 4) is 11.4 Å². The zero-order valence-electron chi connectivity index (χ0n) is 20.7. The van der Waals surface area contributed by atoms with Crippen molar-refractivity contribution in [1.82, 2.24) is 9.55 Å². The van der Waals surface area contributed by atoms with Gasteiger partial charge in [0.25, 0.3) is 0 Å². The third-order valence-electron chi connectivity index (χ3n) is 6.71. The summed E-state index contributed by atoms with van der Waals surface area (Å²) in [5, 5.41) is 14.5. The third-order valence-corrected chi connectivity index (χ3v) is 6.71. The molecule has 0 aliphatic carbocycles. The first-order chi connectivity index (χ1) is 16.5. The van der Waals surface area contributed by atoms with Crippen LogP contribution in [-0.2, 0) is 17.8 Å². The zero-order valence-corrected chi connectivity index (χ0v) is 22.7. The van der Waals surface area contributed by atoms with E-state index in [4.69, 9.17) is 9.72 Å². The van der Waals surface area contributed by atoms with Crippen LogP contribution >= 0.6 is 0 Å². The maximum atomic E-state index is 11.0. The summed E-state index contributed by atoms with van der Waals surface area (Å²) in [6.45, 7) is 7.47. The molecule has 6 nitrogen and oxygen atoms in total. The van der Waals surface area contributed by atoms with Crippen LogP contribution in [0.5, 0.6) is 5.75 Å². The van der Waals surface area contributed by atoms with Crippen LogP contribution < -0.4 is 44.7 Å². The van der Waals surface area contributed by atoms with Crippen molar-refractivity contribution in [2.45, 2.75) is 46.1 Å². The number of para-hydroxylation sites is 1. The maximum absolute atomic E-state index is 11.0. The molecule has 1 atom stereocenters. The van der Waals surface area contributed by atoms with Crippen molar-refractivity contribution in [3.63, 3.8) is 0 Å². The van der Waals surface area contributed by atoms with Crippen LogP contribution in [0.2, 0.25) is 0 Å². The first-order valence-corrected chi connectivity index (χ1v) is 11.7. The normalized spacial score (nSPS) is 14.3. The first-order valence-electron chi connectivity index (χ1n) is 11.7. The van der Waals surface area contributed by atoms with Gasteiger partial charge in [0.05, 0.1) is 23.3 Å². The average Bonchev–Trinajstić information content (AvgIpc) is 3.39. The van der Waals surface area contributed by atoms with E-state index in [0.717, 1.165) is 46.0 Å². The van der Waals surface area contributed by atoms with E-state index in [1.807, 2.05) is 18.2 Å². The molecular weight excluding hydrogens is 449 g/mol. The van der Waals surface area contributed by atoms with Crippen LogP contribution in [0.25, 0.3) is 16.7 Å². The van der Waals surface area contributed by atoms with Gasteiger partial charge >= 0.3 is 29.6 Å². The summed E-state index contributed by atoms with van der Waals surface area (Å²) in [6.07, 6.45) is 0.831. The molecule has 0 amide bonds. The van der Waals surface area contributed by atoms with E-state index in [1.165, 1.54) is 16.7 Å². The van der Waals surface area contributed by atoms with E-state index in [0.29, 0.717) is 13.2 Å². The second kappa shape index (κ2) is 10.4. The topological polar surface area (TPSA) is 79.2 Å². The fourth-order valence-corrected chi connectivity index (χ4v) is 4.90. The predicted octanol–water partition coefficient (Wildman–Crippen LogP) is 1.44. The van der Waals surface area contributed by atoms with Crippen molar-refractivity contribution in [2.75, 3.05) is 11.9 Å². The molecule has 7 heteroatoms. The fourth-order valence-electron chi connectivity index (χ4n) is 4.90. The van der Waals surface area contributed by atoms with E-state index in [1.54, 1.807) is 0 Å². The molecule has 3 aromatic carbocycles. The van der Waals surface area contributed by atoms with Crippen LogP contribution in [0, 0.1) is 13.8 Å². The van der Waals surface area contributed by atoms with Gasteiger partial charge in [-0.2, -0.15) is 0 Å². The van der Waals surface area contributed by atoms with Gasteiger partial charge in [-0.05, 0) is 55.2 Å². The van der Waals surface area contributed by atoms with E-state index in [-0.39, 0.29) is 41.9 Å². The molecule has 0 saturated heterocycles. The van der Waals surface area contributed by atoms with Crippen molar-refractivity contribution in [3.05, 3.63) is 82.7 Å². The number of fused-ring (bicyclic) bond motifs is 2. The Kier molecular flexibility index (Phi) is 7.55. The minimum absolute atomic E-state index is 0. The summed E-state index contributed by atoms with van der Waals surface area (Å²) in [5.41, 5.74) is 8.82. The van der Waals surface area contributed by atoms with Crippen molar-refractivity contribution < 1.29 is 44.2 Å². The van der Waals surface area contributed by atoms with Gasteiger partial charge in [0, 0.05) is 42.2 Å². The number of anilines is 1. The van der Waals surface area contributed by atoms with Gasteiger partial charge in [-0.25, -0.2) is 4.98 Å². The Morgan fingerprint density at radius 2 is 1.97 bits per heavy atom. The number of ether oxygens (including phenoxy) is 1. The Labute approximate surface area is 227 Å². The number of benzene rings is 3. The Balaban J connectivity index is 0.00000289. The second-order valence-electron chi connectivity index (χ2n) is 8.91. The van der Waals surface area contributed by atoms with Crippen LogP contribution in [0.15, 0.2) is 54.6 Å². The zero-order chi connectivity index (χ0) is 23.8. The molecular formula is C28H28N3NaO3. The van der Waals surface area contributed by atoms with Gasteiger partial charge in [-0.3, -0.25) is 4.57 Å². The number of imidazole rings is 1. The minimum Gasteiger partial charge on any atom is -0.550 e. The van der Waals surface area contributed by atoms with Gasteiger partial charge in [0.2, 0.25) is 0 Å². The van der Waals surface area contributed by atoms with Gasteiger partial charge < -0.3 is 20.0 Å². The molecule has 4 aromatic rings. The summed E-state index contributed by atoms with van der Waals surface area (Å²) in [6, 6.07) is 18.6. The number of nitrogens with one attached hydrogen (secondary N) is 1. The average molecular weight is 478 g/mol. The van der Waals surface area contributed by atoms with Gasteiger partial charge in [-0.15, -0.1) is 0 Å². The summed E-state index contributed by atoms with van der Waals surface area (Å²) in [4.78, 5) is 15.9. The number of aromatic nitrogens is 2. The number of carbonyl (C=O) groups excluding carboxylic acids is 1. The number of aryl methyl sites for hydroxylation is 2. The van der Waals surface area contributed by atoms with Gasteiger partial charge in [0.1, 0.15) is 11.6 Å². The van der Waals surface area contributed by atoms with Crippen molar-refractivity contribution in [1.29, 1.82) is 0 Å². The Bertz CT molecular complexity index is 1400. The molecule has 0 spiro atoms. The number of hydrogen-bond donors (Lipinski definition) is 1. The summed E-state index contributed by atoms with van der Waals surface area (Å²) < 4.78 is 8.03. The molecule has 2 heterocycles. The Morgan fingerprint density at radius 1 is 1.17 bits per heavy atom. The molecule has 174 valence electrons. The molecule has 0 fully saturated rings. The maximum Gasteiger partial charge on any atom is 1.00 e. The minimum atomic E-state index is -1.05. The van der Waals surface area contributed by atoms with Gasteiger partial charge in [-0.1, -0.05) is 37.3 Å². The molecule has 1 aliphatic rings. The monoisotopic (exact) mass is 477 g/mol. The molecule has 1 aromatic heterocycles. The molecule has 0 unspecified atom stereocenters. The molecule has 0 radical (unpaired) electrons. The predicted molar refractivity (Wildman–Crippen MR) is 132 cm³/mol. The number of hydrogen-bond acceptors (Lipinski definition) is 5. The SMILES string of the molecule is CCc1nc2cccc(C)c2n1-c1cccc(CNc2ccc3c(c2)OC[C@H]3CC(=O)[O-])c1C.[Na+]. The van der Waals surface area contributed by atoms with Crippen LogP contribution in [0.3, 0.4) is 0 Å². The molecule has 0 saturated carbocycles. The summed E-state index contributed by atoms with van der Waals surface area (Å²) in [7, 11) is 0. The first kappa shape index (κ1) is 25.3. The largest absolute Gasteiger partial charge is 1.00 e. The van der Waals surface area contributed by atoms with Crippen LogP contribution in [0.1, 0.15) is 47.3 Å². The summed E-state index contributed by atoms with van der Waals surface area (Å²) >= 11 is 0. The molecule has 5 rings (SSSR count). The van der Waals surface area contributed by atoms with E-state index >= 15 is 0 Å². The molecule has 1 N–H and O–H groups in total. The van der Waals surface area contributed by atoms with Crippen molar-refractivity contribution in [2.24, 2.45) is 0 Å². The third kappa shape index (κ3) is 4.83. The van der Waals surface area contributed by atoms with Gasteiger partial charge in [0.15, 0.2) is 0 Å². The van der Waals surface area contributed by atoms with E-state index < -0.39 is 5.97 Å². The molecule has 35 heavy (non-hydrogen) atoms. The van der Waals surface area contributed by atoms with Crippen molar-refractivity contribution >= 4 is 22.7 Å². The Hall–Kier alpha value is -2.80.